The number of hydrogen-bond donors (Lipinski definition) is 2. The van der Waals surface area contributed by atoms with Crippen LogP contribution < -0.4 is 10.5 Å². The van der Waals surface area contributed by atoms with Crippen molar-refractivity contribution in [2.75, 3.05) is 19.5 Å². The SMILES string of the molecule is CC.CC.COc1nc(N)nc2c1nc(C)n2C1O[C@H](CO)C[C@@H]1C. The molecular weight excluding hydrogens is 322 g/mol. The predicted molar refractivity (Wildman–Crippen MR) is 98.5 cm³/mol. The standard InChI is InChI=1S/C13H19N5O3.2C2H6/c1-6-4-8(5-19)21-12(6)18-7(2)15-9-10(18)16-13(14)17-11(9)20-3;2*1-2/h6,8,12,19H,4-5H2,1-3H3,(H2,14,16,17);2*1-2H3/t6-,8-,12?;;/m0../s1. The van der Waals surface area contributed by atoms with Gasteiger partial charge in [-0.25, -0.2) is 4.98 Å². The molecule has 1 fully saturated rings. The van der Waals surface area contributed by atoms with Crippen LogP contribution in [0.25, 0.3) is 11.2 Å². The molecule has 142 valence electrons. The normalized spacial score (nSPS) is 22.0. The molecule has 1 aliphatic heterocycles. The quantitative estimate of drug-likeness (QED) is 0.873. The van der Waals surface area contributed by atoms with E-state index in [0.29, 0.717) is 17.0 Å². The molecule has 1 unspecified atom stereocenters. The summed E-state index contributed by atoms with van der Waals surface area (Å²) in [6, 6.07) is 0. The van der Waals surface area contributed by atoms with Crippen molar-refractivity contribution in [1.29, 1.82) is 0 Å². The van der Waals surface area contributed by atoms with Gasteiger partial charge in [-0.05, 0) is 13.3 Å². The van der Waals surface area contributed by atoms with Crippen molar-refractivity contribution in [3.05, 3.63) is 5.82 Å². The number of nitrogens with two attached hydrogens (primary N) is 1. The van der Waals surface area contributed by atoms with Gasteiger partial charge in [-0.1, -0.05) is 34.6 Å². The van der Waals surface area contributed by atoms with Crippen LogP contribution in [-0.4, -0.2) is 44.4 Å². The van der Waals surface area contributed by atoms with Gasteiger partial charge in [0.2, 0.25) is 11.8 Å². The maximum absolute atomic E-state index is 9.29. The van der Waals surface area contributed by atoms with Gasteiger partial charge in [-0.3, -0.25) is 4.57 Å². The molecule has 0 saturated carbocycles. The highest BCUT2D eigenvalue weighted by Crippen LogP contribution is 2.37. The molecular formula is C17H31N5O3. The summed E-state index contributed by atoms with van der Waals surface area (Å²) >= 11 is 0. The zero-order valence-electron chi connectivity index (χ0n) is 16.3. The summed E-state index contributed by atoms with van der Waals surface area (Å²) in [4.78, 5) is 12.8. The molecule has 3 rings (SSSR count). The number of ether oxygens (including phenoxy) is 2. The highest BCUT2D eigenvalue weighted by molar-refractivity contribution is 5.78. The number of aromatic nitrogens is 4. The fraction of sp³-hybridized carbons (Fsp3) is 0.706. The Kier molecular flexibility index (Phi) is 8.05. The van der Waals surface area contributed by atoms with Crippen molar-refractivity contribution in [3.63, 3.8) is 0 Å². The van der Waals surface area contributed by atoms with Crippen LogP contribution in [0.5, 0.6) is 5.88 Å². The van der Waals surface area contributed by atoms with Crippen molar-refractivity contribution >= 4 is 17.1 Å². The highest BCUT2D eigenvalue weighted by atomic mass is 16.5. The molecule has 2 aromatic rings. The molecule has 0 aliphatic carbocycles. The van der Waals surface area contributed by atoms with Crippen molar-refractivity contribution in [1.82, 2.24) is 19.5 Å². The van der Waals surface area contributed by atoms with Crippen LogP contribution in [0.15, 0.2) is 0 Å². The van der Waals surface area contributed by atoms with Gasteiger partial charge in [-0.15, -0.1) is 0 Å². The lowest BCUT2D eigenvalue weighted by atomic mass is 10.1. The van der Waals surface area contributed by atoms with E-state index < -0.39 is 0 Å². The van der Waals surface area contributed by atoms with Gasteiger partial charge in [0, 0.05) is 5.92 Å². The van der Waals surface area contributed by atoms with Gasteiger partial charge in [0.25, 0.3) is 0 Å². The largest absolute Gasteiger partial charge is 0.479 e. The van der Waals surface area contributed by atoms with E-state index in [1.165, 1.54) is 7.11 Å². The molecule has 25 heavy (non-hydrogen) atoms. The lowest BCUT2D eigenvalue weighted by Gasteiger charge is -2.19. The Morgan fingerprint density at radius 2 is 1.88 bits per heavy atom. The molecule has 1 saturated heterocycles. The third-order valence-corrected chi connectivity index (χ3v) is 3.81. The lowest BCUT2D eigenvalue weighted by Crippen LogP contribution is -2.17. The number of nitrogen functional groups attached to an aromatic ring is 1. The molecule has 1 aliphatic rings. The van der Waals surface area contributed by atoms with E-state index in [4.69, 9.17) is 15.2 Å². The Morgan fingerprint density at radius 1 is 1.24 bits per heavy atom. The third-order valence-electron chi connectivity index (χ3n) is 3.81. The average molecular weight is 353 g/mol. The van der Waals surface area contributed by atoms with E-state index in [2.05, 4.69) is 21.9 Å². The molecule has 0 spiro atoms. The van der Waals surface area contributed by atoms with Gasteiger partial charge < -0.3 is 20.3 Å². The number of anilines is 1. The van der Waals surface area contributed by atoms with E-state index in [1.807, 2.05) is 39.2 Å². The van der Waals surface area contributed by atoms with E-state index >= 15 is 0 Å². The second-order valence-corrected chi connectivity index (χ2v) is 5.34. The fourth-order valence-corrected chi connectivity index (χ4v) is 2.87. The van der Waals surface area contributed by atoms with Gasteiger partial charge in [0.05, 0.1) is 19.8 Å². The van der Waals surface area contributed by atoms with E-state index in [-0.39, 0.29) is 30.8 Å². The summed E-state index contributed by atoms with van der Waals surface area (Å²) in [5, 5.41) is 9.29. The summed E-state index contributed by atoms with van der Waals surface area (Å²) in [7, 11) is 1.52. The summed E-state index contributed by atoms with van der Waals surface area (Å²) in [5.74, 6) is 1.47. The molecule has 3 heterocycles. The van der Waals surface area contributed by atoms with Crippen LogP contribution in [0, 0.1) is 12.8 Å². The number of aliphatic hydroxyl groups excluding tert-OH is 1. The average Bonchev–Trinajstić information content (AvgIpc) is 3.16. The van der Waals surface area contributed by atoms with Gasteiger partial charge in [0.1, 0.15) is 12.1 Å². The van der Waals surface area contributed by atoms with Gasteiger partial charge in [0.15, 0.2) is 11.2 Å². The monoisotopic (exact) mass is 353 g/mol. The summed E-state index contributed by atoms with van der Waals surface area (Å²) in [6.45, 7) is 12.0. The number of aliphatic hydroxyl groups is 1. The summed E-state index contributed by atoms with van der Waals surface area (Å²) in [5.41, 5.74) is 6.89. The number of nitrogens with zero attached hydrogens (tertiary/aromatic N) is 4. The minimum absolute atomic E-state index is 0.00691. The Bertz CT molecular complexity index is 674. The van der Waals surface area contributed by atoms with Crippen LogP contribution in [-0.2, 0) is 4.74 Å². The minimum atomic E-state index is -0.230. The molecule has 0 bridgehead atoms. The summed E-state index contributed by atoms with van der Waals surface area (Å²) in [6.07, 6.45) is 0.395. The first kappa shape index (κ1) is 21.1. The summed E-state index contributed by atoms with van der Waals surface area (Å²) < 4.78 is 13.0. The van der Waals surface area contributed by atoms with Crippen LogP contribution in [0.2, 0.25) is 0 Å². The molecule has 2 aromatic heterocycles. The van der Waals surface area contributed by atoms with Crippen molar-refractivity contribution < 1.29 is 14.6 Å². The second kappa shape index (κ2) is 9.53. The molecule has 0 radical (unpaired) electrons. The zero-order chi connectivity index (χ0) is 19.1. The van der Waals surface area contributed by atoms with E-state index in [1.54, 1.807) is 0 Å². The molecule has 0 amide bonds. The Labute approximate surface area is 149 Å². The first-order chi connectivity index (χ1) is 12.0. The van der Waals surface area contributed by atoms with Gasteiger partial charge >= 0.3 is 0 Å². The Morgan fingerprint density at radius 3 is 2.40 bits per heavy atom. The first-order valence-electron chi connectivity index (χ1n) is 8.87. The number of aryl methyl sites for hydroxylation is 1. The van der Waals surface area contributed by atoms with Crippen LogP contribution >= 0.6 is 0 Å². The maximum atomic E-state index is 9.29. The predicted octanol–water partition coefficient (Wildman–Crippen LogP) is 2.69. The number of imidazole rings is 1. The molecule has 8 nitrogen and oxygen atoms in total. The minimum Gasteiger partial charge on any atom is -0.479 e. The van der Waals surface area contributed by atoms with Gasteiger partial charge in [-0.2, -0.15) is 9.97 Å². The van der Waals surface area contributed by atoms with E-state index in [0.717, 1.165) is 12.2 Å². The smallest absolute Gasteiger partial charge is 0.246 e. The topological polar surface area (TPSA) is 108 Å². The number of hydrogen-bond acceptors (Lipinski definition) is 7. The Balaban J connectivity index is 0.000000730. The number of rotatable bonds is 3. The number of fused-ring (bicyclic) bond motifs is 1. The van der Waals surface area contributed by atoms with E-state index in [9.17, 15) is 5.11 Å². The molecule has 3 N–H and O–H groups in total. The highest BCUT2D eigenvalue weighted by Gasteiger charge is 2.35. The maximum Gasteiger partial charge on any atom is 0.246 e. The fourth-order valence-electron chi connectivity index (χ4n) is 2.87. The second-order valence-electron chi connectivity index (χ2n) is 5.34. The molecule has 0 aromatic carbocycles. The van der Waals surface area contributed by atoms with Crippen LogP contribution in [0.3, 0.4) is 0 Å². The zero-order valence-corrected chi connectivity index (χ0v) is 16.3. The first-order valence-corrected chi connectivity index (χ1v) is 8.87. The van der Waals surface area contributed by atoms with Crippen molar-refractivity contribution in [2.24, 2.45) is 5.92 Å². The van der Waals surface area contributed by atoms with Crippen LogP contribution in [0.4, 0.5) is 5.95 Å². The number of methoxy groups -OCH3 is 1. The van der Waals surface area contributed by atoms with Crippen molar-refractivity contribution in [3.8, 4) is 5.88 Å². The van der Waals surface area contributed by atoms with Crippen molar-refractivity contribution in [2.45, 2.75) is 60.3 Å². The third kappa shape index (κ3) is 4.19. The Hall–Kier alpha value is -1.93. The molecule has 8 heteroatoms. The molecule has 3 atom stereocenters. The van der Waals surface area contributed by atoms with Crippen LogP contribution in [0.1, 0.15) is 53.1 Å². The lowest BCUT2D eigenvalue weighted by molar-refractivity contribution is -0.0303.